The summed E-state index contributed by atoms with van der Waals surface area (Å²) in [5, 5.41) is 7.05. The van der Waals surface area contributed by atoms with Gasteiger partial charge in [-0.1, -0.05) is 11.6 Å². The van der Waals surface area contributed by atoms with Crippen LogP contribution in [0.4, 0.5) is 16.2 Å². The minimum Gasteiger partial charge on any atom is -0.359 e. The average molecular weight is 480 g/mol. The SMILES string of the molecule is CC1(C)OCC(c2ncc(NC(=O)Nc3c[nH]c4ccc(Cl)cc34)cc2Br)CO1. The molecule has 4 rings (SSSR count). The van der Waals surface area contributed by atoms with E-state index in [0.717, 1.165) is 21.1 Å². The van der Waals surface area contributed by atoms with Crippen molar-refractivity contribution < 1.29 is 14.3 Å². The Labute approximate surface area is 181 Å². The number of carbonyl (C=O) groups excluding carboxylic acids is 1. The van der Waals surface area contributed by atoms with E-state index in [1.807, 2.05) is 26.0 Å². The first-order chi connectivity index (χ1) is 13.8. The third-order valence-electron chi connectivity index (χ3n) is 4.67. The average Bonchev–Trinajstić information content (AvgIpc) is 3.04. The van der Waals surface area contributed by atoms with Crippen LogP contribution in [-0.4, -0.2) is 35.0 Å². The van der Waals surface area contributed by atoms with Gasteiger partial charge in [0.25, 0.3) is 0 Å². The molecule has 0 radical (unpaired) electrons. The van der Waals surface area contributed by atoms with E-state index in [9.17, 15) is 4.79 Å². The molecule has 3 aromatic rings. The Hall–Kier alpha value is -2.13. The molecule has 3 heterocycles. The summed E-state index contributed by atoms with van der Waals surface area (Å²) in [6.07, 6.45) is 3.34. The van der Waals surface area contributed by atoms with Gasteiger partial charge in [-0.25, -0.2) is 4.79 Å². The van der Waals surface area contributed by atoms with Gasteiger partial charge in [-0.3, -0.25) is 4.98 Å². The van der Waals surface area contributed by atoms with E-state index in [4.69, 9.17) is 21.1 Å². The highest BCUT2D eigenvalue weighted by molar-refractivity contribution is 9.10. The van der Waals surface area contributed by atoms with Gasteiger partial charge in [0.2, 0.25) is 0 Å². The van der Waals surface area contributed by atoms with Gasteiger partial charge in [-0.2, -0.15) is 0 Å². The van der Waals surface area contributed by atoms with E-state index >= 15 is 0 Å². The van der Waals surface area contributed by atoms with Gasteiger partial charge in [-0.05, 0) is 54.0 Å². The quantitative estimate of drug-likeness (QED) is 0.463. The molecular formula is C20H20BrClN4O3. The second-order valence-electron chi connectivity index (χ2n) is 7.28. The lowest BCUT2D eigenvalue weighted by Gasteiger charge is -2.35. The molecule has 152 valence electrons. The first kappa shape index (κ1) is 20.2. The van der Waals surface area contributed by atoms with E-state index in [-0.39, 0.29) is 11.9 Å². The molecule has 1 aliphatic heterocycles. The summed E-state index contributed by atoms with van der Waals surface area (Å²) in [6.45, 7) is 4.82. The summed E-state index contributed by atoms with van der Waals surface area (Å²) in [5.41, 5.74) is 2.92. The molecule has 0 aliphatic carbocycles. The Bertz CT molecular complexity index is 1060. The molecule has 2 amide bonds. The number of halogens is 2. The van der Waals surface area contributed by atoms with Crippen molar-refractivity contribution >= 4 is 55.8 Å². The molecule has 1 saturated heterocycles. The summed E-state index contributed by atoms with van der Waals surface area (Å²) in [6, 6.07) is 6.89. The zero-order valence-corrected chi connectivity index (χ0v) is 18.2. The minimum atomic E-state index is -0.574. The van der Waals surface area contributed by atoms with Crippen LogP contribution in [0.2, 0.25) is 5.02 Å². The molecule has 0 atom stereocenters. The lowest BCUT2D eigenvalue weighted by molar-refractivity contribution is -0.251. The Kier molecular flexibility index (Phi) is 5.52. The number of rotatable bonds is 3. The number of H-pyrrole nitrogens is 1. The Morgan fingerprint density at radius 1 is 1.28 bits per heavy atom. The van der Waals surface area contributed by atoms with Crippen LogP contribution in [0.15, 0.2) is 41.1 Å². The molecular weight excluding hydrogens is 460 g/mol. The van der Waals surface area contributed by atoms with Crippen molar-refractivity contribution in [1.29, 1.82) is 0 Å². The van der Waals surface area contributed by atoms with E-state index < -0.39 is 5.79 Å². The van der Waals surface area contributed by atoms with E-state index in [1.54, 1.807) is 24.5 Å². The minimum absolute atomic E-state index is 0.0243. The smallest absolute Gasteiger partial charge is 0.323 e. The van der Waals surface area contributed by atoms with E-state index in [1.165, 1.54) is 0 Å². The van der Waals surface area contributed by atoms with Crippen molar-refractivity contribution in [2.75, 3.05) is 23.8 Å². The molecule has 0 unspecified atom stereocenters. The highest BCUT2D eigenvalue weighted by Gasteiger charge is 2.30. The van der Waals surface area contributed by atoms with Gasteiger partial charge >= 0.3 is 6.03 Å². The van der Waals surface area contributed by atoms with E-state index in [2.05, 4.69) is 36.5 Å². The van der Waals surface area contributed by atoms with Crippen molar-refractivity contribution in [1.82, 2.24) is 9.97 Å². The van der Waals surface area contributed by atoms with Crippen LogP contribution < -0.4 is 10.6 Å². The number of hydrogen-bond donors (Lipinski definition) is 3. The van der Waals surface area contributed by atoms with Crippen LogP contribution in [0, 0.1) is 0 Å². The molecule has 7 nitrogen and oxygen atoms in total. The lowest BCUT2D eigenvalue weighted by Crippen LogP contribution is -2.38. The summed E-state index contributed by atoms with van der Waals surface area (Å²) in [4.78, 5) is 20.0. The van der Waals surface area contributed by atoms with Crippen molar-refractivity contribution in [3.05, 3.63) is 51.8 Å². The molecule has 0 spiro atoms. The normalized spacial score (nSPS) is 16.7. The lowest BCUT2D eigenvalue weighted by atomic mass is 10.1. The standard InChI is InChI=1S/C20H20BrClN4O3/c1-20(2)28-9-11(10-29-20)18-15(21)6-13(7-24-18)25-19(27)26-17-8-23-16-4-3-12(22)5-14(16)17/h3-8,11,23H,9-10H2,1-2H3,(H2,25,26,27). The summed E-state index contributed by atoms with van der Waals surface area (Å²) < 4.78 is 12.2. The second-order valence-corrected chi connectivity index (χ2v) is 8.57. The third-order valence-corrected chi connectivity index (χ3v) is 5.54. The fourth-order valence-corrected chi connectivity index (χ4v) is 3.99. The second kappa shape index (κ2) is 7.95. The Morgan fingerprint density at radius 2 is 2.03 bits per heavy atom. The first-order valence-electron chi connectivity index (χ1n) is 9.09. The molecule has 1 aliphatic rings. The van der Waals surface area contributed by atoms with Gasteiger partial charge in [-0.15, -0.1) is 0 Å². The summed E-state index contributed by atoms with van der Waals surface area (Å²) >= 11 is 9.59. The first-order valence-corrected chi connectivity index (χ1v) is 10.3. The fraction of sp³-hybridized carbons (Fsp3) is 0.300. The number of ether oxygens (including phenoxy) is 2. The van der Waals surface area contributed by atoms with Gasteiger partial charge in [0.05, 0.1) is 36.5 Å². The number of carbonyl (C=O) groups is 1. The van der Waals surface area contributed by atoms with Crippen LogP contribution in [0.5, 0.6) is 0 Å². The maximum Gasteiger partial charge on any atom is 0.323 e. The molecule has 0 bridgehead atoms. The summed E-state index contributed by atoms with van der Waals surface area (Å²) in [7, 11) is 0. The number of aromatic amines is 1. The third kappa shape index (κ3) is 4.56. The molecule has 1 fully saturated rings. The molecule has 29 heavy (non-hydrogen) atoms. The molecule has 2 aromatic heterocycles. The highest BCUT2D eigenvalue weighted by atomic mass is 79.9. The zero-order valence-electron chi connectivity index (χ0n) is 15.9. The highest BCUT2D eigenvalue weighted by Crippen LogP contribution is 2.32. The molecule has 9 heteroatoms. The number of anilines is 2. The number of nitrogens with one attached hydrogen (secondary N) is 3. The van der Waals surface area contributed by atoms with Crippen molar-refractivity contribution in [2.24, 2.45) is 0 Å². The molecule has 3 N–H and O–H groups in total. The van der Waals surface area contributed by atoms with Gasteiger partial charge in [0, 0.05) is 32.5 Å². The number of benzene rings is 1. The number of amides is 2. The maximum absolute atomic E-state index is 12.4. The van der Waals surface area contributed by atoms with Crippen LogP contribution in [0.25, 0.3) is 10.9 Å². The van der Waals surface area contributed by atoms with Gasteiger partial charge < -0.3 is 25.1 Å². The monoisotopic (exact) mass is 478 g/mol. The zero-order chi connectivity index (χ0) is 20.6. The number of urea groups is 1. The van der Waals surface area contributed by atoms with Crippen LogP contribution >= 0.6 is 27.5 Å². The Morgan fingerprint density at radius 3 is 2.76 bits per heavy atom. The number of aromatic nitrogens is 2. The van der Waals surface area contributed by atoms with Crippen LogP contribution in [0.1, 0.15) is 25.5 Å². The summed E-state index contributed by atoms with van der Waals surface area (Å²) in [5.74, 6) is -0.550. The van der Waals surface area contributed by atoms with Crippen molar-refractivity contribution in [3.8, 4) is 0 Å². The van der Waals surface area contributed by atoms with Gasteiger partial charge in [0.1, 0.15) is 0 Å². The predicted molar refractivity (Wildman–Crippen MR) is 117 cm³/mol. The van der Waals surface area contributed by atoms with Gasteiger partial charge in [0.15, 0.2) is 5.79 Å². The number of pyridine rings is 1. The fourth-order valence-electron chi connectivity index (χ4n) is 3.15. The number of nitrogens with zero attached hydrogens (tertiary/aromatic N) is 1. The molecule has 1 aromatic carbocycles. The Balaban J connectivity index is 1.43. The topological polar surface area (TPSA) is 88.3 Å². The van der Waals surface area contributed by atoms with Crippen molar-refractivity contribution in [3.63, 3.8) is 0 Å². The number of fused-ring (bicyclic) bond motifs is 1. The molecule has 0 saturated carbocycles. The van der Waals surface area contributed by atoms with Crippen LogP contribution in [-0.2, 0) is 9.47 Å². The van der Waals surface area contributed by atoms with Crippen LogP contribution in [0.3, 0.4) is 0 Å². The number of hydrogen-bond acceptors (Lipinski definition) is 4. The van der Waals surface area contributed by atoms with E-state index in [0.29, 0.717) is 29.6 Å². The van der Waals surface area contributed by atoms with Crippen molar-refractivity contribution in [2.45, 2.75) is 25.6 Å². The maximum atomic E-state index is 12.4. The predicted octanol–water partition coefficient (Wildman–Crippen LogP) is 5.49. The largest absolute Gasteiger partial charge is 0.359 e.